The number of para-hydroxylation sites is 1. The summed E-state index contributed by atoms with van der Waals surface area (Å²) >= 11 is 1.64. The Morgan fingerprint density at radius 1 is 1.22 bits per heavy atom. The second kappa shape index (κ2) is 6.32. The molecule has 2 aromatic carbocycles. The average molecular weight is 378 g/mol. The molecule has 1 N–H and O–H groups in total. The number of rotatable bonds is 3. The highest BCUT2D eigenvalue weighted by molar-refractivity contribution is 7.07. The maximum atomic E-state index is 10.4. The van der Waals surface area contributed by atoms with Crippen molar-refractivity contribution in [1.82, 2.24) is 5.01 Å². The Morgan fingerprint density at radius 3 is 2.93 bits per heavy atom. The molecule has 0 unspecified atom stereocenters. The number of thiophene rings is 1. The Kier molecular flexibility index (Phi) is 3.79. The Hall–Kier alpha value is -2.99. The molecule has 1 aromatic heterocycles. The third-order valence-corrected chi connectivity index (χ3v) is 5.74. The van der Waals surface area contributed by atoms with Gasteiger partial charge in [-0.15, -0.1) is 0 Å². The summed E-state index contributed by atoms with van der Waals surface area (Å²) in [7, 11) is 1.62. The second-order valence-corrected chi connectivity index (χ2v) is 7.37. The van der Waals surface area contributed by atoms with Crippen molar-refractivity contribution in [3.8, 4) is 17.2 Å². The number of phenols is 1. The van der Waals surface area contributed by atoms with Crippen LogP contribution in [0.25, 0.3) is 0 Å². The number of hydrazone groups is 1. The summed E-state index contributed by atoms with van der Waals surface area (Å²) in [6, 6.07) is 15.5. The highest BCUT2D eigenvalue weighted by atomic mass is 32.1. The Morgan fingerprint density at radius 2 is 2.11 bits per heavy atom. The molecule has 0 saturated carbocycles. The molecule has 0 fully saturated rings. The number of phenolic OH excluding ortho intramolecular Hbond substituents is 1. The fourth-order valence-corrected chi connectivity index (χ4v) is 4.37. The van der Waals surface area contributed by atoms with Crippen LogP contribution in [0.2, 0.25) is 0 Å². The summed E-state index contributed by atoms with van der Waals surface area (Å²) in [6.07, 6.45) is 0.420. The van der Waals surface area contributed by atoms with Crippen molar-refractivity contribution >= 4 is 17.0 Å². The van der Waals surface area contributed by atoms with E-state index in [0.717, 1.165) is 22.6 Å². The lowest BCUT2D eigenvalue weighted by molar-refractivity contribution is -0.0187. The van der Waals surface area contributed by atoms with Gasteiger partial charge in [-0.2, -0.15) is 16.4 Å². The van der Waals surface area contributed by atoms with E-state index >= 15 is 0 Å². The molecule has 2 atom stereocenters. The van der Waals surface area contributed by atoms with Crippen molar-refractivity contribution in [1.29, 1.82) is 0 Å². The largest absolute Gasteiger partial charge is 0.507 e. The number of nitrogens with zero attached hydrogens (tertiary/aromatic N) is 2. The van der Waals surface area contributed by atoms with Crippen LogP contribution in [-0.4, -0.2) is 22.9 Å². The van der Waals surface area contributed by atoms with E-state index in [4.69, 9.17) is 14.6 Å². The van der Waals surface area contributed by atoms with Crippen LogP contribution >= 0.6 is 11.3 Å². The van der Waals surface area contributed by atoms with Crippen molar-refractivity contribution in [2.24, 2.45) is 5.10 Å². The first-order valence-corrected chi connectivity index (χ1v) is 9.70. The van der Waals surface area contributed by atoms with Gasteiger partial charge in [0, 0.05) is 23.1 Å². The van der Waals surface area contributed by atoms with Crippen molar-refractivity contribution in [3.63, 3.8) is 0 Å². The van der Waals surface area contributed by atoms with Crippen LogP contribution in [0.4, 0.5) is 0 Å². The minimum atomic E-state index is -0.276. The fraction of sp³-hybridized carbons (Fsp3) is 0.190. The molecule has 0 spiro atoms. The van der Waals surface area contributed by atoms with E-state index in [0.29, 0.717) is 17.7 Å². The minimum Gasteiger partial charge on any atom is -0.507 e. The molecule has 6 heteroatoms. The highest BCUT2D eigenvalue weighted by Crippen LogP contribution is 2.48. The normalized spacial score (nSPS) is 20.5. The van der Waals surface area contributed by atoms with E-state index in [2.05, 4.69) is 17.5 Å². The van der Waals surface area contributed by atoms with Crippen LogP contribution in [0, 0.1) is 0 Å². The summed E-state index contributed by atoms with van der Waals surface area (Å²) in [5.41, 5.74) is 3.73. The quantitative estimate of drug-likeness (QED) is 0.717. The zero-order chi connectivity index (χ0) is 18.4. The summed E-state index contributed by atoms with van der Waals surface area (Å²) in [5, 5.41) is 21.4. The predicted molar refractivity (Wildman–Crippen MR) is 105 cm³/mol. The van der Waals surface area contributed by atoms with Gasteiger partial charge in [-0.25, -0.2) is 5.01 Å². The average Bonchev–Trinajstić information content (AvgIpc) is 3.38. The molecule has 136 valence electrons. The minimum absolute atomic E-state index is 0.0699. The monoisotopic (exact) mass is 378 g/mol. The summed E-state index contributed by atoms with van der Waals surface area (Å²) < 4.78 is 11.6. The molecule has 2 aliphatic rings. The Labute approximate surface area is 161 Å². The van der Waals surface area contributed by atoms with Gasteiger partial charge in [-0.05, 0) is 41.1 Å². The number of benzene rings is 2. The van der Waals surface area contributed by atoms with E-state index in [1.54, 1.807) is 30.6 Å². The molecule has 5 nitrogen and oxygen atoms in total. The first-order valence-electron chi connectivity index (χ1n) is 8.75. The molecular formula is C21H18N2O3S. The van der Waals surface area contributed by atoms with E-state index < -0.39 is 0 Å². The number of hydrogen-bond donors (Lipinski definition) is 1. The Bertz CT molecular complexity index is 1020. The van der Waals surface area contributed by atoms with Gasteiger partial charge in [0.05, 0.1) is 18.9 Å². The van der Waals surface area contributed by atoms with E-state index in [1.165, 1.54) is 0 Å². The molecule has 0 bridgehead atoms. The molecule has 3 aromatic rings. The molecule has 0 amide bonds. The lowest BCUT2D eigenvalue weighted by Crippen LogP contribution is -2.33. The number of hydrogen-bond acceptors (Lipinski definition) is 6. The molecule has 27 heavy (non-hydrogen) atoms. The van der Waals surface area contributed by atoms with Gasteiger partial charge in [0.1, 0.15) is 17.2 Å². The van der Waals surface area contributed by atoms with Crippen LogP contribution in [0.1, 0.15) is 35.4 Å². The maximum Gasteiger partial charge on any atom is 0.214 e. The summed E-state index contributed by atoms with van der Waals surface area (Å²) in [5.74, 6) is 1.79. The van der Waals surface area contributed by atoms with E-state index in [9.17, 15) is 5.11 Å². The van der Waals surface area contributed by atoms with Gasteiger partial charge in [-0.3, -0.25) is 0 Å². The van der Waals surface area contributed by atoms with Gasteiger partial charge >= 0.3 is 0 Å². The fourth-order valence-electron chi connectivity index (χ4n) is 3.71. The number of ether oxygens (including phenoxy) is 2. The lowest BCUT2D eigenvalue weighted by Gasteiger charge is -2.37. The van der Waals surface area contributed by atoms with Crippen LogP contribution in [0.3, 0.4) is 0 Å². The summed E-state index contributed by atoms with van der Waals surface area (Å²) in [6.45, 7) is 0. The van der Waals surface area contributed by atoms with Gasteiger partial charge in [0.15, 0.2) is 0 Å². The SMILES string of the molecule is COc1ccc(O)c(C2=NN3[C@H](C2)c2ccccc2O[C@H]3c2ccsc2)c1. The molecule has 0 radical (unpaired) electrons. The van der Waals surface area contributed by atoms with Crippen molar-refractivity contribution in [2.45, 2.75) is 18.7 Å². The van der Waals surface area contributed by atoms with Gasteiger partial charge < -0.3 is 14.6 Å². The van der Waals surface area contributed by atoms with Crippen molar-refractivity contribution in [2.75, 3.05) is 7.11 Å². The van der Waals surface area contributed by atoms with Crippen LogP contribution in [0.5, 0.6) is 17.2 Å². The van der Waals surface area contributed by atoms with Crippen LogP contribution in [0.15, 0.2) is 64.4 Å². The molecule has 3 heterocycles. The predicted octanol–water partition coefficient (Wildman–Crippen LogP) is 4.70. The number of fused-ring (bicyclic) bond motifs is 3. The number of aromatic hydroxyl groups is 1. The third kappa shape index (κ3) is 2.64. The third-order valence-electron chi connectivity index (χ3n) is 5.04. The Balaban J connectivity index is 1.60. The smallest absolute Gasteiger partial charge is 0.214 e. The van der Waals surface area contributed by atoms with Crippen LogP contribution < -0.4 is 9.47 Å². The molecular weight excluding hydrogens is 360 g/mol. The zero-order valence-electron chi connectivity index (χ0n) is 14.7. The first kappa shape index (κ1) is 16.2. The molecule has 2 aliphatic heterocycles. The molecule has 0 saturated heterocycles. The second-order valence-electron chi connectivity index (χ2n) is 6.59. The lowest BCUT2D eigenvalue weighted by atomic mass is 9.95. The molecule has 5 rings (SSSR count). The van der Waals surface area contributed by atoms with Crippen LogP contribution in [-0.2, 0) is 0 Å². The zero-order valence-corrected chi connectivity index (χ0v) is 15.5. The topological polar surface area (TPSA) is 54.3 Å². The van der Waals surface area contributed by atoms with E-state index in [1.807, 2.05) is 34.7 Å². The maximum absolute atomic E-state index is 10.4. The number of methoxy groups -OCH3 is 1. The first-order chi connectivity index (χ1) is 13.2. The highest BCUT2D eigenvalue weighted by Gasteiger charge is 2.41. The molecule has 0 aliphatic carbocycles. The van der Waals surface area contributed by atoms with E-state index in [-0.39, 0.29) is 18.0 Å². The van der Waals surface area contributed by atoms with Crippen molar-refractivity contribution in [3.05, 3.63) is 76.0 Å². The van der Waals surface area contributed by atoms with Gasteiger partial charge in [0.25, 0.3) is 0 Å². The van der Waals surface area contributed by atoms with Gasteiger partial charge in [-0.1, -0.05) is 18.2 Å². The summed E-state index contributed by atoms with van der Waals surface area (Å²) in [4.78, 5) is 0. The van der Waals surface area contributed by atoms with Crippen molar-refractivity contribution < 1.29 is 14.6 Å². The standard InChI is InChI=1S/C21H18N2O3S/c1-25-14-6-7-19(24)16(10-14)17-11-18-15-4-2-3-5-20(15)26-21(23(18)22-17)13-8-9-27-12-13/h2-10,12,18,21,24H,11H2,1H3/t18-,21+/m1/s1. The van der Waals surface area contributed by atoms with Gasteiger partial charge in [0.2, 0.25) is 6.23 Å².